The summed E-state index contributed by atoms with van der Waals surface area (Å²) >= 11 is 0. The maximum absolute atomic E-state index is 13.6. The number of likely N-dealkylation sites (N-methyl/N-ethyl adjacent to an activating group) is 1. The number of para-hydroxylation sites is 1. The van der Waals surface area contributed by atoms with Crippen LogP contribution in [0.4, 0.5) is 5.69 Å². The molecular weight excluding hydrogens is 438 g/mol. The summed E-state index contributed by atoms with van der Waals surface area (Å²) in [5.74, 6) is 0.494. The van der Waals surface area contributed by atoms with Crippen LogP contribution >= 0.6 is 0 Å². The number of amides is 2. The summed E-state index contributed by atoms with van der Waals surface area (Å²) in [6.07, 6.45) is 3.92. The Labute approximate surface area is 207 Å². The molecule has 2 saturated heterocycles. The van der Waals surface area contributed by atoms with Crippen molar-refractivity contribution in [1.29, 1.82) is 0 Å². The number of H-pyrrole nitrogens is 1. The molecule has 0 spiro atoms. The lowest BCUT2D eigenvalue weighted by atomic mass is 9.95. The van der Waals surface area contributed by atoms with Crippen molar-refractivity contribution in [2.45, 2.75) is 12.8 Å². The predicted molar refractivity (Wildman–Crippen MR) is 140 cm³/mol. The molecule has 0 unspecified atom stereocenters. The van der Waals surface area contributed by atoms with Crippen LogP contribution in [0, 0.1) is 5.92 Å². The monoisotopic (exact) mass is 473 g/mol. The second-order valence-corrected chi connectivity index (χ2v) is 9.93. The van der Waals surface area contributed by atoms with Gasteiger partial charge in [0, 0.05) is 68.8 Å². The summed E-state index contributed by atoms with van der Waals surface area (Å²) in [7, 11) is 2.18. The van der Waals surface area contributed by atoms with Crippen molar-refractivity contribution < 1.29 is 9.59 Å². The van der Waals surface area contributed by atoms with E-state index in [1.54, 1.807) is 4.90 Å². The van der Waals surface area contributed by atoms with Gasteiger partial charge in [-0.3, -0.25) is 14.5 Å². The zero-order valence-electron chi connectivity index (χ0n) is 20.5. The average molecular weight is 474 g/mol. The summed E-state index contributed by atoms with van der Waals surface area (Å²) in [4.78, 5) is 38.6. The summed E-state index contributed by atoms with van der Waals surface area (Å²) in [6.45, 7) is 7.26. The molecule has 184 valence electrons. The number of carbonyl (C=O) groups excluding carboxylic acids is 2. The van der Waals surface area contributed by atoms with Crippen molar-refractivity contribution in [2.75, 3.05) is 64.3 Å². The van der Waals surface area contributed by atoms with Crippen molar-refractivity contribution in [1.82, 2.24) is 19.7 Å². The Kier molecular flexibility index (Phi) is 7.16. The second kappa shape index (κ2) is 10.6. The minimum Gasteiger partial charge on any atom is -0.361 e. The first-order chi connectivity index (χ1) is 17.1. The number of aromatic nitrogens is 1. The highest BCUT2D eigenvalue weighted by Gasteiger charge is 2.28. The molecule has 0 radical (unpaired) electrons. The molecule has 2 amide bonds. The Bertz CT molecular complexity index is 1140. The van der Waals surface area contributed by atoms with E-state index in [0.717, 1.165) is 75.2 Å². The highest BCUT2D eigenvalue weighted by Crippen LogP contribution is 2.23. The maximum Gasteiger partial charge on any atom is 0.258 e. The number of carbonyl (C=O) groups is 2. The summed E-state index contributed by atoms with van der Waals surface area (Å²) < 4.78 is 0. The number of rotatable bonds is 6. The van der Waals surface area contributed by atoms with Crippen LogP contribution in [0.25, 0.3) is 10.9 Å². The lowest BCUT2D eigenvalue weighted by Crippen LogP contribution is -2.49. The lowest BCUT2D eigenvalue weighted by Gasteiger charge is -2.38. The van der Waals surface area contributed by atoms with Crippen molar-refractivity contribution in [2.24, 2.45) is 5.92 Å². The van der Waals surface area contributed by atoms with Gasteiger partial charge in [0.15, 0.2) is 0 Å². The van der Waals surface area contributed by atoms with Crippen LogP contribution in [0.2, 0.25) is 0 Å². The minimum absolute atomic E-state index is 0.0150. The van der Waals surface area contributed by atoms with Gasteiger partial charge in [0.25, 0.3) is 5.91 Å². The van der Waals surface area contributed by atoms with Crippen molar-refractivity contribution in [3.05, 3.63) is 66.4 Å². The van der Waals surface area contributed by atoms with E-state index in [2.05, 4.69) is 21.8 Å². The van der Waals surface area contributed by atoms with Gasteiger partial charge in [0.05, 0.1) is 0 Å². The van der Waals surface area contributed by atoms with Gasteiger partial charge in [-0.2, -0.15) is 0 Å². The van der Waals surface area contributed by atoms with Gasteiger partial charge in [-0.25, -0.2) is 0 Å². The van der Waals surface area contributed by atoms with Crippen molar-refractivity contribution in [3.63, 3.8) is 0 Å². The fourth-order valence-electron chi connectivity index (χ4n) is 5.22. The van der Waals surface area contributed by atoms with Crippen LogP contribution in [0.15, 0.2) is 60.8 Å². The Balaban J connectivity index is 1.23. The Morgan fingerprint density at radius 2 is 1.69 bits per heavy atom. The van der Waals surface area contributed by atoms with E-state index in [-0.39, 0.29) is 18.4 Å². The van der Waals surface area contributed by atoms with Gasteiger partial charge in [-0.1, -0.05) is 24.3 Å². The van der Waals surface area contributed by atoms with Gasteiger partial charge < -0.3 is 19.7 Å². The second-order valence-electron chi connectivity index (χ2n) is 9.93. The maximum atomic E-state index is 13.6. The van der Waals surface area contributed by atoms with Gasteiger partial charge in [0.2, 0.25) is 5.91 Å². The van der Waals surface area contributed by atoms with Crippen LogP contribution in [-0.2, 0) is 4.79 Å². The first kappa shape index (κ1) is 23.6. The lowest BCUT2D eigenvalue weighted by molar-refractivity contribution is -0.131. The molecular formula is C28H35N5O2. The van der Waals surface area contributed by atoms with E-state index in [4.69, 9.17) is 0 Å². The van der Waals surface area contributed by atoms with Gasteiger partial charge in [-0.05, 0) is 61.5 Å². The van der Waals surface area contributed by atoms with Crippen LogP contribution in [0.3, 0.4) is 0 Å². The molecule has 3 heterocycles. The molecule has 2 aliphatic heterocycles. The molecule has 0 atom stereocenters. The van der Waals surface area contributed by atoms with Crippen molar-refractivity contribution >= 4 is 28.4 Å². The molecule has 7 nitrogen and oxygen atoms in total. The Hall–Kier alpha value is -3.16. The Morgan fingerprint density at radius 3 is 2.43 bits per heavy atom. The first-order valence-corrected chi connectivity index (χ1v) is 12.7. The highest BCUT2D eigenvalue weighted by atomic mass is 16.2. The Morgan fingerprint density at radius 1 is 0.943 bits per heavy atom. The number of fused-ring (bicyclic) bond motifs is 1. The molecule has 2 aliphatic rings. The van der Waals surface area contributed by atoms with Gasteiger partial charge >= 0.3 is 0 Å². The molecule has 5 rings (SSSR count). The number of hydrogen-bond acceptors (Lipinski definition) is 4. The fraction of sp³-hybridized carbons (Fsp3) is 0.429. The van der Waals surface area contributed by atoms with Crippen LogP contribution in [0.1, 0.15) is 23.2 Å². The zero-order chi connectivity index (χ0) is 24.2. The number of nitrogens with zero attached hydrogens (tertiary/aromatic N) is 4. The van der Waals surface area contributed by atoms with Crippen LogP contribution in [0.5, 0.6) is 0 Å². The number of hydrogen-bond donors (Lipinski definition) is 1. The number of aromatic amines is 1. The molecule has 0 bridgehead atoms. The number of piperidine rings is 1. The standard InChI is InChI=1S/C28H35N5O2/c1-30-15-17-31(18-16-30)20-22-10-13-32(14-11-22)27(34)21-33(25-5-3-2-4-6-25)28(35)24-8-7-23-9-12-29-26(23)19-24/h2-9,12,19,22,29H,10-11,13-18,20-21H2,1H3. The van der Waals surface area contributed by atoms with E-state index in [1.807, 2.05) is 65.7 Å². The third-order valence-electron chi connectivity index (χ3n) is 7.49. The number of piperazine rings is 1. The number of anilines is 1. The largest absolute Gasteiger partial charge is 0.361 e. The van der Waals surface area contributed by atoms with Gasteiger partial charge in [-0.15, -0.1) is 0 Å². The van der Waals surface area contributed by atoms with Crippen LogP contribution in [-0.4, -0.2) is 90.9 Å². The van der Waals surface area contributed by atoms with E-state index >= 15 is 0 Å². The number of benzene rings is 2. The molecule has 35 heavy (non-hydrogen) atoms. The number of likely N-dealkylation sites (tertiary alicyclic amines) is 1. The molecule has 2 aromatic carbocycles. The predicted octanol–water partition coefficient (Wildman–Crippen LogP) is 3.30. The third kappa shape index (κ3) is 5.57. The van der Waals surface area contributed by atoms with E-state index in [1.165, 1.54) is 0 Å². The third-order valence-corrected chi connectivity index (χ3v) is 7.49. The minimum atomic E-state index is -0.161. The molecule has 1 aromatic heterocycles. The van der Waals surface area contributed by atoms with Crippen molar-refractivity contribution in [3.8, 4) is 0 Å². The molecule has 3 aromatic rings. The highest BCUT2D eigenvalue weighted by molar-refractivity contribution is 6.10. The zero-order valence-corrected chi connectivity index (χ0v) is 20.5. The summed E-state index contributed by atoms with van der Waals surface area (Å²) in [6, 6.07) is 17.1. The molecule has 2 fully saturated rings. The smallest absolute Gasteiger partial charge is 0.258 e. The molecule has 1 N–H and O–H groups in total. The molecule has 0 aliphatic carbocycles. The fourth-order valence-corrected chi connectivity index (χ4v) is 5.22. The molecule has 0 saturated carbocycles. The van der Waals surface area contributed by atoms with Crippen LogP contribution < -0.4 is 4.90 Å². The topological polar surface area (TPSA) is 62.9 Å². The quantitative estimate of drug-likeness (QED) is 0.597. The average Bonchev–Trinajstić information content (AvgIpc) is 3.37. The van der Waals surface area contributed by atoms with E-state index in [9.17, 15) is 9.59 Å². The normalized spacial score (nSPS) is 18.1. The number of nitrogens with one attached hydrogen (secondary N) is 1. The SMILES string of the molecule is CN1CCN(CC2CCN(C(=O)CN(C(=O)c3ccc4cc[nH]c4c3)c3ccccc3)CC2)CC1. The van der Waals surface area contributed by atoms with Gasteiger partial charge in [0.1, 0.15) is 6.54 Å². The summed E-state index contributed by atoms with van der Waals surface area (Å²) in [5, 5.41) is 1.06. The first-order valence-electron chi connectivity index (χ1n) is 12.7. The summed E-state index contributed by atoms with van der Waals surface area (Å²) in [5.41, 5.74) is 2.22. The molecule has 7 heteroatoms. The van der Waals surface area contributed by atoms with E-state index in [0.29, 0.717) is 11.5 Å². The van der Waals surface area contributed by atoms with E-state index < -0.39 is 0 Å².